The summed E-state index contributed by atoms with van der Waals surface area (Å²) in [6.07, 6.45) is 2.72. The molecule has 1 aromatic rings. The number of halogens is 2. The van der Waals surface area contributed by atoms with Gasteiger partial charge in [-0.2, -0.15) is 0 Å². The first-order valence-corrected chi connectivity index (χ1v) is 9.96. The highest BCUT2D eigenvalue weighted by Gasteiger charge is 2.35. The summed E-state index contributed by atoms with van der Waals surface area (Å²) in [6, 6.07) is 2.26. The van der Waals surface area contributed by atoms with Gasteiger partial charge >= 0.3 is 6.09 Å². The molecule has 8 nitrogen and oxygen atoms in total. The third-order valence-electron chi connectivity index (χ3n) is 5.22. The van der Waals surface area contributed by atoms with Crippen molar-refractivity contribution in [3.05, 3.63) is 29.3 Å². The second-order valence-electron chi connectivity index (χ2n) is 7.46. The number of nitrogens with zero attached hydrogens (tertiary/aromatic N) is 1. The Hall–Kier alpha value is -2.75. The smallest absolute Gasteiger partial charge is 0.404 e. The van der Waals surface area contributed by atoms with Gasteiger partial charge in [-0.1, -0.05) is 0 Å². The number of benzene rings is 1. The molecule has 3 N–H and O–H groups in total. The predicted octanol–water partition coefficient (Wildman–Crippen LogP) is 1.96. The minimum Gasteiger partial charge on any atom is -0.443 e. The summed E-state index contributed by atoms with van der Waals surface area (Å²) >= 11 is 0. The van der Waals surface area contributed by atoms with E-state index in [2.05, 4.69) is 5.32 Å². The average Bonchev–Trinajstić information content (AvgIpc) is 2.67. The van der Waals surface area contributed by atoms with E-state index in [0.29, 0.717) is 0 Å². The van der Waals surface area contributed by atoms with E-state index >= 15 is 0 Å². The number of carbonyl (C=O) groups excluding carboxylic acids is 3. The number of anilines is 1. The third-order valence-corrected chi connectivity index (χ3v) is 5.22. The monoisotopic (exact) mass is 425 g/mol. The van der Waals surface area contributed by atoms with Crippen molar-refractivity contribution >= 4 is 23.6 Å². The van der Waals surface area contributed by atoms with E-state index in [1.807, 2.05) is 0 Å². The fraction of sp³-hybridized carbons (Fsp3) is 0.550. The van der Waals surface area contributed by atoms with Crippen molar-refractivity contribution in [2.45, 2.75) is 44.1 Å². The standard InChI is InChI=1S/C15H15F2N3O4.C5H10O/c16-10-3-7(20-5-8(6-20)24-15(18)23)4-11(17)13(10)9-1-2-12(21)19-14(9)22;1-2-4-6-5-3-1/h3-4,8-9H,1-2,5-6H2,(H2,18,23)(H,19,21,22);1-5H2. The highest BCUT2D eigenvalue weighted by atomic mass is 19.1. The molecule has 3 fully saturated rings. The molecule has 0 saturated carbocycles. The number of amides is 3. The summed E-state index contributed by atoms with van der Waals surface area (Å²) in [6.45, 7) is 2.55. The Morgan fingerprint density at radius 1 is 1.13 bits per heavy atom. The number of carbonyl (C=O) groups is 3. The Labute approximate surface area is 172 Å². The predicted molar refractivity (Wildman–Crippen MR) is 103 cm³/mol. The van der Waals surface area contributed by atoms with Gasteiger partial charge in [-0.3, -0.25) is 14.9 Å². The average molecular weight is 425 g/mol. The molecule has 3 amide bonds. The third kappa shape index (κ3) is 5.44. The molecular weight excluding hydrogens is 400 g/mol. The minimum absolute atomic E-state index is 0.0370. The number of piperidine rings is 1. The molecule has 3 saturated heterocycles. The lowest BCUT2D eigenvalue weighted by atomic mass is 9.89. The van der Waals surface area contributed by atoms with E-state index in [4.69, 9.17) is 15.2 Å². The molecule has 3 aliphatic heterocycles. The molecule has 164 valence electrons. The highest BCUT2D eigenvalue weighted by molar-refractivity contribution is 6.01. The first-order chi connectivity index (χ1) is 14.3. The topological polar surface area (TPSA) is 111 Å². The van der Waals surface area contributed by atoms with Gasteiger partial charge in [0.15, 0.2) is 0 Å². The molecule has 0 bridgehead atoms. The number of imide groups is 1. The lowest BCUT2D eigenvalue weighted by molar-refractivity contribution is -0.134. The van der Waals surface area contributed by atoms with Crippen LogP contribution in [0, 0.1) is 11.6 Å². The van der Waals surface area contributed by atoms with Gasteiger partial charge in [0.25, 0.3) is 0 Å². The van der Waals surface area contributed by atoms with Crippen LogP contribution in [0.2, 0.25) is 0 Å². The fourth-order valence-corrected chi connectivity index (χ4v) is 3.63. The molecule has 1 atom stereocenters. The van der Waals surface area contributed by atoms with Crippen molar-refractivity contribution in [1.82, 2.24) is 5.32 Å². The molecule has 0 aliphatic carbocycles. The zero-order chi connectivity index (χ0) is 21.7. The molecular formula is C20H25F2N3O5. The largest absolute Gasteiger partial charge is 0.443 e. The summed E-state index contributed by atoms with van der Waals surface area (Å²) in [7, 11) is 0. The number of nitrogens with one attached hydrogen (secondary N) is 1. The maximum absolute atomic E-state index is 14.4. The lowest BCUT2D eigenvalue weighted by Gasteiger charge is -2.40. The zero-order valence-electron chi connectivity index (χ0n) is 16.5. The molecule has 3 aliphatic rings. The minimum atomic E-state index is -1.03. The Bertz CT molecular complexity index is 775. The van der Waals surface area contributed by atoms with Crippen molar-refractivity contribution in [2.75, 3.05) is 31.2 Å². The van der Waals surface area contributed by atoms with Gasteiger partial charge < -0.3 is 20.1 Å². The van der Waals surface area contributed by atoms with Crippen molar-refractivity contribution in [1.29, 1.82) is 0 Å². The van der Waals surface area contributed by atoms with E-state index in [0.717, 1.165) is 25.3 Å². The SMILES string of the molecule is C1CCOCC1.NC(=O)OC1CN(c2cc(F)c(C3CCC(=O)NC3=O)c(F)c2)C1. The van der Waals surface area contributed by atoms with Crippen molar-refractivity contribution in [3.63, 3.8) is 0 Å². The second-order valence-corrected chi connectivity index (χ2v) is 7.46. The summed E-state index contributed by atoms with van der Waals surface area (Å²) in [5.74, 6) is -3.87. The Kier molecular flexibility index (Phi) is 7.20. The van der Waals surface area contributed by atoms with E-state index < -0.39 is 41.6 Å². The van der Waals surface area contributed by atoms with Crippen LogP contribution >= 0.6 is 0 Å². The number of hydrogen-bond donors (Lipinski definition) is 2. The molecule has 0 aromatic heterocycles. The van der Waals surface area contributed by atoms with Crippen LogP contribution in [0.5, 0.6) is 0 Å². The number of primary amides is 1. The van der Waals surface area contributed by atoms with Gasteiger partial charge in [-0.25, -0.2) is 13.6 Å². The molecule has 4 rings (SSSR count). The molecule has 3 heterocycles. The molecule has 0 spiro atoms. The van der Waals surface area contributed by atoms with Crippen LogP contribution in [0.4, 0.5) is 19.3 Å². The quantitative estimate of drug-likeness (QED) is 0.717. The van der Waals surface area contributed by atoms with Crippen molar-refractivity contribution < 1.29 is 32.6 Å². The second kappa shape index (κ2) is 9.84. The number of ether oxygens (including phenoxy) is 2. The first-order valence-electron chi connectivity index (χ1n) is 9.96. The Morgan fingerprint density at radius 3 is 2.23 bits per heavy atom. The molecule has 1 aromatic carbocycles. The van der Waals surface area contributed by atoms with E-state index in [1.165, 1.54) is 19.3 Å². The van der Waals surface area contributed by atoms with Crippen molar-refractivity contribution in [3.8, 4) is 0 Å². The Morgan fingerprint density at radius 2 is 1.77 bits per heavy atom. The maximum Gasteiger partial charge on any atom is 0.404 e. The van der Waals surface area contributed by atoms with Crippen molar-refractivity contribution in [2.24, 2.45) is 5.73 Å². The van der Waals surface area contributed by atoms with Gasteiger partial charge in [0.05, 0.1) is 19.0 Å². The normalized spacial score (nSPS) is 21.8. The lowest BCUT2D eigenvalue weighted by Crippen LogP contribution is -2.53. The van der Waals surface area contributed by atoms with Crippen LogP contribution in [-0.4, -0.2) is 50.3 Å². The van der Waals surface area contributed by atoms with Crippen LogP contribution in [0.25, 0.3) is 0 Å². The van der Waals surface area contributed by atoms with Crippen LogP contribution < -0.4 is 16.0 Å². The maximum atomic E-state index is 14.4. The van der Waals surface area contributed by atoms with Gasteiger partial charge in [0.1, 0.15) is 17.7 Å². The number of rotatable bonds is 3. The number of hydrogen-bond acceptors (Lipinski definition) is 6. The van der Waals surface area contributed by atoms with Crippen LogP contribution in [0.1, 0.15) is 43.6 Å². The molecule has 1 unspecified atom stereocenters. The van der Waals surface area contributed by atoms with E-state index in [1.54, 1.807) is 4.90 Å². The summed E-state index contributed by atoms with van der Waals surface area (Å²) in [5, 5.41) is 2.08. The fourth-order valence-electron chi connectivity index (χ4n) is 3.63. The van der Waals surface area contributed by atoms with Crippen LogP contribution in [0.3, 0.4) is 0 Å². The molecule has 0 radical (unpaired) electrons. The van der Waals surface area contributed by atoms with E-state index in [-0.39, 0.29) is 37.2 Å². The van der Waals surface area contributed by atoms with E-state index in [9.17, 15) is 23.2 Å². The summed E-state index contributed by atoms with van der Waals surface area (Å²) in [4.78, 5) is 35.2. The summed E-state index contributed by atoms with van der Waals surface area (Å²) < 4.78 is 38.5. The van der Waals surface area contributed by atoms with Crippen LogP contribution in [0.15, 0.2) is 12.1 Å². The van der Waals surface area contributed by atoms with Gasteiger partial charge in [-0.05, 0) is 37.8 Å². The number of nitrogens with two attached hydrogens (primary N) is 1. The molecule has 30 heavy (non-hydrogen) atoms. The zero-order valence-corrected chi connectivity index (χ0v) is 16.5. The first kappa shape index (κ1) is 21.9. The summed E-state index contributed by atoms with van der Waals surface area (Å²) in [5.41, 5.74) is 4.84. The van der Waals surface area contributed by atoms with Crippen LogP contribution in [-0.2, 0) is 19.1 Å². The highest BCUT2D eigenvalue weighted by Crippen LogP contribution is 2.33. The van der Waals surface area contributed by atoms with Gasteiger partial charge in [0, 0.05) is 30.9 Å². The van der Waals surface area contributed by atoms with Gasteiger partial charge in [0.2, 0.25) is 11.8 Å². The Balaban J connectivity index is 0.000000367. The molecule has 10 heteroatoms. The van der Waals surface area contributed by atoms with Gasteiger partial charge in [-0.15, -0.1) is 0 Å².